The molecule has 0 spiro atoms. The number of aromatic amines is 1. The fourth-order valence-electron chi connectivity index (χ4n) is 4.55. The van der Waals surface area contributed by atoms with E-state index in [2.05, 4.69) is 23.9 Å². The predicted octanol–water partition coefficient (Wildman–Crippen LogP) is 5.17. The molecule has 0 radical (unpaired) electrons. The van der Waals surface area contributed by atoms with Crippen molar-refractivity contribution in [3.63, 3.8) is 0 Å². The molecule has 1 fully saturated rings. The van der Waals surface area contributed by atoms with Gasteiger partial charge in [0.1, 0.15) is 12.4 Å². The summed E-state index contributed by atoms with van der Waals surface area (Å²) in [5.41, 5.74) is 2.44. The van der Waals surface area contributed by atoms with Gasteiger partial charge in [0.2, 0.25) is 0 Å². The maximum absolute atomic E-state index is 13.1. The molecule has 0 bridgehead atoms. The fourth-order valence-corrected chi connectivity index (χ4v) is 5.64. The molecule has 4 heterocycles. The number of nitrogens with one attached hydrogen (secondary N) is 1. The number of nitrogens with zero attached hydrogens (tertiary/aromatic N) is 3. The molecular weight excluding hydrogens is 436 g/mol. The van der Waals surface area contributed by atoms with Crippen LogP contribution in [0.2, 0.25) is 0 Å². The number of benzene rings is 1. The molecule has 2 aliphatic heterocycles. The lowest BCUT2D eigenvalue weighted by atomic mass is 9.94. The number of thioether (sulfide) groups is 1. The van der Waals surface area contributed by atoms with E-state index in [1.54, 1.807) is 24.2 Å². The van der Waals surface area contributed by atoms with Gasteiger partial charge in [0.15, 0.2) is 5.82 Å². The third kappa shape index (κ3) is 4.63. The van der Waals surface area contributed by atoms with Crippen molar-refractivity contribution in [2.75, 3.05) is 6.61 Å². The van der Waals surface area contributed by atoms with Gasteiger partial charge >= 0.3 is 0 Å². The maximum atomic E-state index is 13.1. The van der Waals surface area contributed by atoms with Crippen LogP contribution in [0.3, 0.4) is 0 Å². The summed E-state index contributed by atoms with van der Waals surface area (Å²) >= 11 is 1.61. The van der Waals surface area contributed by atoms with Gasteiger partial charge in [-0.25, -0.2) is 4.99 Å². The molecule has 172 valence electrons. The van der Waals surface area contributed by atoms with E-state index in [1.165, 1.54) is 0 Å². The summed E-state index contributed by atoms with van der Waals surface area (Å²) in [5.74, 6) is 1.51. The number of fused-ring (bicyclic) bond motifs is 1. The van der Waals surface area contributed by atoms with E-state index < -0.39 is 0 Å². The van der Waals surface area contributed by atoms with Gasteiger partial charge < -0.3 is 9.47 Å². The first-order chi connectivity index (χ1) is 15.9. The van der Waals surface area contributed by atoms with Crippen LogP contribution in [0.15, 0.2) is 58.6 Å². The Morgan fingerprint density at radius 1 is 1.30 bits per heavy atom. The summed E-state index contributed by atoms with van der Waals surface area (Å²) in [5, 5.41) is 3.89. The minimum atomic E-state index is -0.224. The second-order valence-corrected chi connectivity index (χ2v) is 10.5. The molecule has 1 N–H and O–H groups in total. The van der Waals surface area contributed by atoms with Crippen molar-refractivity contribution in [1.82, 2.24) is 14.8 Å². The Morgan fingerprint density at radius 3 is 2.97 bits per heavy atom. The lowest BCUT2D eigenvalue weighted by molar-refractivity contribution is -0.0705. The van der Waals surface area contributed by atoms with E-state index in [9.17, 15) is 4.79 Å². The molecule has 0 aliphatic carbocycles. The van der Waals surface area contributed by atoms with Crippen molar-refractivity contribution in [3.8, 4) is 5.75 Å². The molecule has 7 nitrogen and oxygen atoms in total. The molecule has 2 aliphatic rings. The van der Waals surface area contributed by atoms with Crippen LogP contribution in [0.5, 0.6) is 5.75 Å². The zero-order chi connectivity index (χ0) is 23.0. The average Bonchev–Trinajstić information content (AvgIpc) is 3.13. The van der Waals surface area contributed by atoms with Crippen molar-refractivity contribution >= 4 is 22.6 Å². The SMILES string of the molecule is CC1=Nc2c(c(=O)[nH]n2[C@H]2CCOC(C)(C)C2)[C@@H](c2cccc(OCc3cccnc3)c2)S1. The highest BCUT2D eigenvalue weighted by atomic mass is 32.2. The Kier molecular flexibility index (Phi) is 5.88. The number of hydrogen-bond acceptors (Lipinski definition) is 6. The van der Waals surface area contributed by atoms with Crippen LogP contribution < -0.4 is 10.3 Å². The van der Waals surface area contributed by atoms with Crippen LogP contribution in [0.4, 0.5) is 5.82 Å². The monoisotopic (exact) mass is 464 g/mol. The van der Waals surface area contributed by atoms with Crippen LogP contribution in [-0.4, -0.2) is 32.0 Å². The first kappa shape index (κ1) is 22.0. The molecule has 33 heavy (non-hydrogen) atoms. The normalized spacial score (nSPS) is 21.8. The van der Waals surface area contributed by atoms with Crippen molar-refractivity contribution in [2.24, 2.45) is 4.99 Å². The summed E-state index contributed by atoms with van der Waals surface area (Å²) < 4.78 is 13.9. The Balaban J connectivity index is 1.45. The number of pyridine rings is 1. The second-order valence-electron chi connectivity index (χ2n) is 9.15. The third-order valence-electron chi connectivity index (χ3n) is 6.08. The zero-order valence-electron chi connectivity index (χ0n) is 19.1. The number of aliphatic imine (C=N–C) groups is 1. The Labute approximate surface area is 197 Å². The number of rotatable bonds is 5. The fraction of sp³-hybridized carbons (Fsp3) is 0.400. The van der Waals surface area contributed by atoms with Crippen molar-refractivity contribution < 1.29 is 9.47 Å². The molecule has 1 saturated heterocycles. The number of aromatic nitrogens is 3. The standard InChI is InChI=1S/C25H28N4O3S/c1-16-27-23-21(24(30)28-29(23)19-9-11-32-25(2,3)13-19)22(33-16)18-7-4-8-20(12-18)31-15-17-6-5-10-26-14-17/h4-8,10,12,14,19,22H,9,11,13,15H2,1-3H3,(H,28,30)/t19-,22+/m0/s1. The predicted molar refractivity (Wildman–Crippen MR) is 131 cm³/mol. The van der Waals surface area contributed by atoms with E-state index in [-0.39, 0.29) is 22.5 Å². The number of ether oxygens (including phenoxy) is 2. The minimum absolute atomic E-state index is 0.0790. The summed E-state index contributed by atoms with van der Waals surface area (Å²) in [6.07, 6.45) is 5.22. The highest BCUT2D eigenvalue weighted by Crippen LogP contribution is 2.46. The van der Waals surface area contributed by atoms with E-state index in [4.69, 9.17) is 14.5 Å². The summed E-state index contributed by atoms with van der Waals surface area (Å²) in [6, 6.07) is 12.0. The first-order valence-corrected chi connectivity index (χ1v) is 12.1. The minimum Gasteiger partial charge on any atom is -0.489 e. The van der Waals surface area contributed by atoms with Crippen molar-refractivity contribution in [1.29, 1.82) is 0 Å². The van der Waals surface area contributed by atoms with E-state index in [1.807, 2.05) is 48.0 Å². The largest absolute Gasteiger partial charge is 0.489 e. The molecular formula is C25H28N4O3S. The summed E-state index contributed by atoms with van der Waals surface area (Å²) in [4.78, 5) is 22.1. The second kappa shape index (κ2) is 8.83. The van der Waals surface area contributed by atoms with Crippen molar-refractivity contribution in [2.45, 2.75) is 57.1 Å². The van der Waals surface area contributed by atoms with E-state index >= 15 is 0 Å². The van der Waals surface area contributed by atoms with Gasteiger partial charge in [-0.2, -0.15) is 0 Å². The highest BCUT2D eigenvalue weighted by Gasteiger charge is 2.35. The first-order valence-electron chi connectivity index (χ1n) is 11.2. The molecule has 2 atom stereocenters. The Bertz CT molecular complexity index is 1230. The van der Waals surface area contributed by atoms with Gasteiger partial charge in [-0.05, 0) is 57.4 Å². The Hall–Kier alpha value is -2.84. The van der Waals surface area contributed by atoms with Crippen LogP contribution in [0.1, 0.15) is 61.6 Å². The van der Waals surface area contributed by atoms with Gasteiger partial charge in [0.25, 0.3) is 5.56 Å². The number of hydrogen-bond donors (Lipinski definition) is 1. The average molecular weight is 465 g/mol. The molecule has 3 aromatic rings. The third-order valence-corrected chi connectivity index (χ3v) is 7.25. The van der Waals surface area contributed by atoms with Gasteiger partial charge in [0, 0.05) is 24.6 Å². The quantitative estimate of drug-likeness (QED) is 0.564. The smallest absolute Gasteiger partial charge is 0.271 e. The van der Waals surface area contributed by atoms with E-state index in [0.29, 0.717) is 18.8 Å². The van der Waals surface area contributed by atoms with Crippen LogP contribution >= 0.6 is 11.8 Å². The van der Waals surface area contributed by atoms with Gasteiger partial charge in [-0.1, -0.05) is 30.0 Å². The molecule has 2 aromatic heterocycles. The van der Waals surface area contributed by atoms with Crippen molar-refractivity contribution in [3.05, 3.63) is 75.8 Å². The summed E-state index contributed by atoms with van der Waals surface area (Å²) in [6.45, 7) is 7.30. The van der Waals surface area contributed by atoms with Crippen LogP contribution in [0, 0.1) is 0 Å². The number of H-pyrrole nitrogens is 1. The Morgan fingerprint density at radius 2 is 2.18 bits per heavy atom. The van der Waals surface area contributed by atoms with Gasteiger partial charge in [0.05, 0.1) is 27.5 Å². The van der Waals surface area contributed by atoms with Gasteiger partial charge in [-0.15, -0.1) is 0 Å². The molecule has 0 unspecified atom stereocenters. The lowest BCUT2D eigenvalue weighted by Crippen LogP contribution is -2.35. The maximum Gasteiger partial charge on any atom is 0.271 e. The summed E-state index contributed by atoms with van der Waals surface area (Å²) in [7, 11) is 0. The van der Waals surface area contributed by atoms with Crippen LogP contribution in [-0.2, 0) is 11.3 Å². The lowest BCUT2D eigenvalue weighted by Gasteiger charge is -2.36. The molecule has 5 rings (SSSR count). The van der Waals surface area contributed by atoms with Gasteiger partial charge in [-0.3, -0.25) is 19.6 Å². The highest BCUT2D eigenvalue weighted by molar-refractivity contribution is 8.14. The van der Waals surface area contributed by atoms with Crippen LogP contribution in [0.25, 0.3) is 0 Å². The molecule has 1 aromatic carbocycles. The molecule has 8 heteroatoms. The molecule has 0 saturated carbocycles. The topological polar surface area (TPSA) is 81.5 Å². The van der Waals surface area contributed by atoms with E-state index in [0.717, 1.165) is 40.6 Å². The molecule has 0 amide bonds. The zero-order valence-corrected chi connectivity index (χ0v) is 19.9.